The average Bonchev–Trinajstić information content (AvgIpc) is 3.52. The third kappa shape index (κ3) is 5.73. The van der Waals surface area contributed by atoms with Gasteiger partial charge in [0.05, 0.1) is 4.90 Å². The van der Waals surface area contributed by atoms with Crippen molar-refractivity contribution < 1.29 is 31.6 Å². The molecule has 4 aromatic rings. The maximum absolute atomic E-state index is 12.4. The number of furan rings is 2. The van der Waals surface area contributed by atoms with Gasteiger partial charge >= 0.3 is 11.8 Å². The molecule has 0 aliphatic heterocycles. The van der Waals surface area contributed by atoms with Crippen molar-refractivity contribution in [3.63, 3.8) is 0 Å². The normalized spacial score (nSPS) is 11.1. The molecule has 2 aromatic heterocycles. The number of sulfone groups is 1. The number of carbonyl (C=O) groups is 2. The number of nitrogens with one attached hydrogen (secondary N) is 2. The summed E-state index contributed by atoms with van der Waals surface area (Å²) in [6.07, 6.45) is 0. The predicted octanol–water partition coefficient (Wildman–Crippen LogP) is 3.50. The van der Waals surface area contributed by atoms with Crippen LogP contribution in [0.15, 0.2) is 98.7 Å². The van der Waals surface area contributed by atoms with Crippen LogP contribution >= 0.6 is 0 Å². The lowest BCUT2D eigenvalue weighted by Crippen LogP contribution is -2.41. The number of benzene rings is 2. The van der Waals surface area contributed by atoms with Gasteiger partial charge in [-0.3, -0.25) is 20.4 Å². The number of hydrogen-bond acceptors (Lipinski definition) is 7. The smallest absolute Gasteiger partial charge is 0.305 e. The quantitative estimate of drug-likeness (QED) is 0.370. The fraction of sp³-hybridized carbons (Fsp3) is 0.0833. The molecule has 0 radical (unpaired) electrons. The fourth-order valence-electron chi connectivity index (χ4n) is 2.96. The van der Waals surface area contributed by atoms with Gasteiger partial charge in [0.25, 0.3) is 0 Å². The van der Waals surface area contributed by atoms with Crippen molar-refractivity contribution in [2.45, 2.75) is 17.3 Å². The van der Waals surface area contributed by atoms with Gasteiger partial charge in [-0.05, 0) is 48.5 Å². The second-order valence-electron chi connectivity index (χ2n) is 7.11. The largest absolute Gasteiger partial charge is 0.486 e. The van der Waals surface area contributed by atoms with Gasteiger partial charge < -0.3 is 13.6 Å². The van der Waals surface area contributed by atoms with Crippen LogP contribution in [0.2, 0.25) is 0 Å². The van der Waals surface area contributed by atoms with Gasteiger partial charge in [-0.15, -0.1) is 0 Å². The summed E-state index contributed by atoms with van der Waals surface area (Å²) in [5.74, 6) is -0.849. The van der Waals surface area contributed by atoms with Crippen LogP contribution in [0.4, 0.5) is 0 Å². The van der Waals surface area contributed by atoms with E-state index in [1.807, 2.05) is 18.2 Å². The molecule has 4 rings (SSSR count). The van der Waals surface area contributed by atoms with Gasteiger partial charge in [0.15, 0.2) is 21.4 Å². The topological polar surface area (TPSA) is 128 Å². The first-order valence-corrected chi connectivity index (χ1v) is 11.8. The third-order valence-electron chi connectivity index (χ3n) is 4.62. The standard InChI is InChI=1S/C24H20N2O7S/c27-23(21-13-11-18(32-21)15-31-17-7-3-1-4-8-17)25-26-24(28)22-14-12-19(33-22)16-34(29,30)20-9-5-2-6-10-20/h1-14H,15-16H2,(H,25,27)(H,26,28). The molecule has 10 heteroatoms. The Labute approximate surface area is 195 Å². The summed E-state index contributed by atoms with van der Waals surface area (Å²) < 4.78 is 41.2. The first-order valence-electron chi connectivity index (χ1n) is 10.1. The third-order valence-corrected chi connectivity index (χ3v) is 6.27. The second-order valence-corrected chi connectivity index (χ2v) is 9.10. The number of amides is 2. The van der Waals surface area contributed by atoms with Gasteiger partial charge in [0.1, 0.15) is 29.6 Å². The number of ether oxygens (including phenoxy) is 1. The Morgan fingerprint density at radius 3 is 1.85 bits per heavy atom. The average molecular weight is 480 g/mol. The van der Waals surface area contributed by atoms with Crippen LogP contribution in [0.5, 0.6) is 5.75 Å². The Balaban J connectivity index is 1.29. The Kier molecular flexibility index (Phi) is 6.79. The molecule has 2 amide bonds. The Bertz CT molecular complexity index is 1380. The fourth-order valence-corrected chi connectivity index (χ4v) is 4.23. The van der Waals surface area contributed by atoms with Crippen LogP contribution in [0, 0.1) is 0 Å². The molecule has 0 saturated carbocycles. The lowest BCUT2D eigenvalue weighted by molar-refractivity contribution is 0.0814. The number of hydrazine groups is 1. The molecule has 2 aromatic carbocycles. The van der Waals surface area contributed by atoms with Crippen LogP contribution in [-0.2, 0) is 22.2 Å². The Morgan fingerprint density at radius 2 is 1.24 bits per heavy atom. The van der Waals surface area contributed by atoms with Crippen LogP contribution in [0.25, 0.3) is 0 Å². The molecule has 174 valence electrons. The highest BCUT2D eigenvalue weighted by Crippen LogP contribution is 2.18. The summed E-state index contributed by atoms with van der Waals surface area (Å²) in [4.78, 5) is 24.7. The summed E-state index contributed by atoms with van der Waals surface area (Å²) in [6.45, 7) is 0.130. The molecule has 34 heavy (non-hydrogen) atoms. The van der Waals surface area contributed by atoms with E-state index in [0.717, 1.165) is 0 Å². The molecule has 0 unspecified atom stereocenters. The molecule has 0 saturated heterocycles. The van der Waals surface area contributed by atoms with E-state index in [1.165, 1.54) is 30.3 Å². The minimum atomic E-state index is -3.63. The van der Waals surface area contributed by atoms with E-state index in [2.05, 4.69) is 10.9 Å². The maximum Gasteiger partial charge on any atom is 0.305 e. The number of rotatable bonds is 8. The molecule has 0 fully saturated rings. The van der Waals surface area contributed by atoms with Crippen molar-refractivity contribution in [3.05, 3.63) is 108 Å². The van der Waals surface area contributed by atoms with Crippen molar-refractivity contribution in [2.75, 3.05) is 0 Å². The van der Waals surface area contributed by atoms with Gasteiger partial charge in [-0.2, -0.15) is 0 Å². The zero-order chi connectivity index (χ0) is 24.0. The van der Waals surface area contributed by atoms with E-state index in [4.69, 9.17) is 13.6 Å². The molecule has 9 nitrogen and oxygen atoms in total. The highest BCUT2D eigenvalue weighted by molar-refractivity contribution is 7.90. The van der Waals surface area contributed by atoms with Gasteiger partial charge in [-0.1, -0.05) is 36.4 Å². The zero-order valence-corrected chi connectivity index (χ0v) is 18.6. The lowest BCUT2D eigenvalue weighted by Gasteiger charge is -2.05. The predicted molar refractivity (Wildman–Crippen MR) is 120 cm³/mol. The number of hydrogen-bond donors (Lipinski definition) is 2. The van der Waals surface area contributed by atoms with E-state index in [1.54, 1.807) is 36.4 Å². The Morgan fingerprint density at radius 1 is 0.706 bits per heavy atom. The molecule has 0 spiro atoms. The minimum Gasteiger partial charge on any atom is -0.486 e. The summed E-state index contributed by atoms with van der Waals surface area (Å²) in [5, 5.41) is 0. The molecule has 0 bridgehead atoms. The van der Waals surface area contributed by atoms with Crippen molar-refractivity contribution in [3.8, 4) is 5.75 Å². The summed E-state index contributed by atoms with van der Waals surface area (Å²) in [7, 11) is -3.63. The van der Waals surface area contributed by atoms with E-state index in [0.29, 0.717) is 11.5 Å². The van der Waals surface area contributed by atoms with Crippen LogP contribution in [0.1, 0.15) is 32.6 Å². The van der Waals surface area contributed by atoms with Gasteiger partial charge in [-0.25, -0.2) is 8.42 Å². The Hall–Kier alpha value is -4.31. The van der Waals surface area contributed by atoms with Gasteiger partial charge in [0.2, 0.25) is 0 Å². The van der Waals surface area contributed by atoms with Crippen LogP contribution in [-0.4, -0.2) is 20.2 Å². The SMILES string of the molecule is O=C(NNC(=O)c1ccc(CS(=O)(=O)c2ccccc2)o1)c1ccc(COc2ccccc2)o1. The molecule has 0 aliphatic carbocycles. The van der Waals surface area contributed by atoms with Crippen LogP contribution < -0.4 is 15.6 Å². The molecular formula is C24H20N2O7S. The van der Waals surface area contributed by atoms with Crippen LogP contribution in [0.3, 0.4) is 0 Å². The lowest BCUT2D eigenvalue weighted by atomic mass is 10.3. The van der Waals surface area contributed by atoms with E-state index >= 15 is 0 Å². The van der Waals surface area contributed by atoms with E-state index in [9.17, 15) is 18.0 Å². The van der Waals surface area contributed by atoms with Gasteiger partial charge in [0, 0.05) is 0 Å². The van der Waals surface area contributed by atoms with Crippen molar-refractivity contribution >= 4 is 21.7 Å². The summed E-state index contributed by atoms with van der Waals surface area (Å²) in [6, 6.07) is 22.8. The summed E-state index contributed by atoms with van der Waals surface area (Å²) in [5.41, 5.74) is 4.42. The first-order chi connectivity index (χ1) is 16.4. The monoisotopic (exact) mass is 480 g/mol. The highest BCUT2D eigenvalue weighted by Gasteiger charge is 2.20. The van der Waals surface area contributed by atoms with E-state index in [-0.39, 0.29) is 28.8 Å². The zero-order valence-electron chi connectivity index (χ0n) is 17.8. The van der Waals surface area contributed by atoms with Crippen molar-refractivity contribution in [2.24, 2.45) is 0 Å². The molecular weight excluding hydrogens is 460 g/mol. The summed E-state index contributed by atoms with van der Waals surface area (Å²) >= 11 is 0. The second kappa shape index (κ2) is 10.1. The molecule has 0 atom stereocenters. The van der Waals surface area contributed by atoms with Crippen molar-refractivity contribution in [1.82, 2.24) is 10.9 Å². The molecule has 2 N–H and O–H groups in total. The first kappa shape index (κ1) is 22.9. The number of carbonyl (C=O) groups excluding carboxylic acids is 2. The molecule has 0 aliphatic rings. The highest BCUT2D eigenvalue weighted by atomic mass is 32.2. The maximum atomic E-state index is 12.4. The minimum absolute atomic E-state index is 0.0268. The molecule has 2 heterocycles. The number of para-hydroxylation sites is 1. The van der Waals surface area contributed by atoms with E-state index < -0.39 is 27.4 Å². The van der Waals surface area contributed by atoms with Crippen molar-refractivity contribution in [1.29, 1.82) is 0 Å².